The highest BCUT2D eigenvalue weighted by molar-refractivity contribution is 6.08. The summed E-state index contributed by atoms with van der Waals surface area (Å²) in [6.45, 7) is 0. The van der Waals surface area contributed by atoms with Crippen molar-refractivity contribution in [2.75, 3.05) is 5.32 Å². The summed E-state index contributed by atoms with van der Waals surface area (Å²) < 4.78 is 1.95. The maximum Gasteiger partial charge on any atom is 0.276 e. The molecule has 4 heteroatoms. The topological polar surface area (TPSA) is 46.9 Å². The predicted molar refractivity (Wildman–Crippen MR) is 91.6 cm³/mol. The van der Waals surface area contributed by atoms with Gasteiger partial charge in [0.1, 0.15) is 0 Å². The first kappa shape index (κ1) is 14.0. The van der Waals surface area contributed by atoms with E-state index < -0.39 is 0 Å². The first-order valence-electron chi connectivity index (χ1n) is 8.15. The van der Waals surface area contributed by atoms with Crippen LogP contribution in [0.3, 0.4) is 0 Å². The molecule has 0 unspecified atom stereocenters. The summed E-state index contributed by atoms with van der Waals surface area (Å²) in [4.78, 5) is 12.5. The molecule has 1 aromatic heterocycles. The van der Waals surface area contributed by atoms with Crippen molar-refractivity contribution < 1.29 is 4.79 Å². The number of nitrogens with zero attached hydrogens (tertiary/aromatic N) is 2. The van der Waals surface area contributed by atoms with E-state index in [0.717, 1.165) is 29.3 Å². The van der Waals surface area contributed by atoms with E-state index in [1.54, 1.807) is 6.07 Å². The predicted octanol–water partition coefficient (Wildman–Crippen LogP) is 4.40. The van der Waals surface area contributed by atoms with Gasteiger partial charge in [0.2, 0.25) is 0 Å². The number of fused-ring (bicyclic) bond motifs is 1. The second-order valence-corrected chi connectivity index (χ2v) is 6.10. The number of benzene rings is 2. The molecule has 3 aromatic rings. The molecule has 1 heterocycles. The van der Waals surface area contributed by atoms with Crippen LogP contribution in [0.2, 0.25) is 0 Å². The average Bonchev–Trinajstić information content (AvgIpc) is 3.26. The maximum atomic E-state index is 12.5. The molecule has 1 fully saturated rings. The highest BCUT2D eigenvalue weighted by atomic mass is 16.1. The fraction of sp³-hybridized carbons (Fsp3) is 0.263. The number of rotatable bonds is 3. The van der Waals surface area contributed by atoms with Gasteiger partial charge in [-0.3, -0.25) is 9.48 Å². The minimum absolute atomic E-state index is 0.155. The number of aromatic nitrogens is 2. The Kier molecular flexibility index (Phi) is 3.58. The molecule has 1 aliphatic rings. The number of carbonyl (C=O) groups excluding carboxylic acids is 1. The monoisotopic (exact) mass is 305 g/mol. The highest BCUT2D eigenvalue weighted by Crippen LogP contribution is 2.29. The van der Waals surface area contributed by atoms with Crippen LogP contribution in [0, 0.1) is 0 Å². The summed E-state index contributed by atoms with van der Waals surface area (Å²) in [5, 5.41) is 9.62. The van der Waals surface area contributed by atoms with Crippen LogP contribution in [0.1, 0.15) is 42.2 Å². The van der Waals surface area contributed by atoms with Crippen LogP contribution in [0.4, 0.5) is 5.69 Å². The zero-order chi connectivity index (χ0) is 15.6. The third-order valence-electron chi connectivity index (χ3n) is 4.58. The van der Waals surface area contributed by atoms with Crippen molar-refractivity contribution in [2.24, 2.45) is 0 Å². The molecule has 0 aliphatic heterocycles. The molecule has 0 spiro atoms. The van der Waals surface area contributed by atoms with Crippen molar-refractivity contribution in [3.05, 3.63) is 60.4 Å². The minimum Gasteiger partial charge on any atom is -0.320 e. The Labute approximate surface area is 135 Å². The molecule has 1 amide bonds. The first-order valence-corrected chi connectivity index (χ1v) is 8.15. The summed E-state index contributed by atoms with van der Waals surface area (Å²) in [5.41, 5.74) is 1.30. The van der Waals surface area contributed by atoms with Gasteiger partial charge in [0.15, 0.2) is 5.69 Å². The lowest BCUT2D eigenvalue weighted by Gasteiger charge is -2.09. The number of nitrogens with one attached hydrogen (secondary N) is 1. The van der Waals surface area contributed by atoms with Gasteiger partial charge in [-0.1, -0.05) is 49.2 Å². The molecular formula is C19H19N3O. The van der Waals surface area contributed by atoms with Gasteiger partial charge in [-0.2, -0.15) is 5.10 Å². The van der Waals surface area contributed by atoms with Crippen LogP contribution in [0.15, 0.2) is 54.7 Å². The molecular weight excluding hydrogens is 286 g/mol. The van der Waals surface area contributed by atoms with Crippen LogP contribution < -0.4 is 5.32 Å². The van der Waals surface area contributed by atoms with Gasteiger partial charge in [-0.05, 0) is 30.4 Å². The van der Waals surface area contributed by atoms with Crippen LogP contribution in [-0.2, 0) is 0 Å². The quantitative estimate of drug-likeness (QED) is 0.779. The number of carbonyl (C=O) groups is 1. The highest BCUT2D eigenvalue weighted by Gasteiger charge is 2.19. The lowest BCUT2D eigenvalue weighted by molar-refractivity contribution is 0.102. The van der Waals surface area contributed by atoms with Crippen molar-refractivity contribution in [2.45, 2.75) is 31.7 Å². The molecule has 0 bridgehead atoms. The number of hydrogen-bond donors (Lipinski definition) is 1. The van der Waals surface area contributed by atoms with Gasteiger partial charge < -0.3 is 5.32 Å². The Morgan fingerprint density at radius 1 is 1.04 bits per heavy atom. The van der Waals surface area contributed by atoms with Crippen molar-refractivity contribution in [3.8, 4) is 0 Å². The van der Waals surface area contributed by atoms with E-state index in [4.69, 9.17) is 0 Å². The smallest absolute Gasteiger partial charge is 0.276 e. The Morgan fingerprint density at radius 2 is 1.83 bits per heavy atom. The van der Waals surface area contributed by atoms with E-state index in [1.165, 1.54) is 12.8 Å². The Bertz CT molecular complexity index is 841. The Balaban J connectivity index is 1.57. The van der Waals surface area contributed by atoms with E-state index in [0.29, 0.717) is 11.7 Å². The second-order valence-electron chi connectivity index (χ2n) is 6.10. The van der Waals surface area contributed by atoms with Crippen LogP contribution >= 0.6 is 0 Å². The van der Waals surface area contributed by atoms with E-state index in [-0.39, 0.29) is 5.91 Å². The molecule has 2 aromatic carbocycles. The summed E-state index contributed by atoms with van der Waals surface area (Å²) in [6.07, 6.45) is 6.75. The summed E-state index contributed by atoms with van der Waals surface area (Å²) in [5.74, 6) is -0.155. The molecule has 0 saturated heterocycles. The number of hydrogen-bond acceptors (Lipinski definition) is 2. The third kappa shape index (κ3) is 2.72. The minimum atomic E-state index is -0.155. The van der Waals surface area contributed by atoms with Crippen LogP contribution in [0.5, 0.6) is 0 Å². The van der Waals surface area contributed by atoms with Crippen molar-refractivity contribution in [3.63, 3.8) is 0 Å². The first-order chi connectivity index (χ1) is 11.3. The fourth-order valence-electron chi connectivity index (χ4n) is 3.35. The summed E-state index contributed by atoms with van der Waals surface area (Å²) in [7, 11) is 0. The SMILES string of the molecule is O=C(Nc1cccc2ccccc12)c1ccn(C2CCCC2)n1. The van der Waals surface area contributed by atoms with Crippen LogP contribution in [0.25, 0.3) is 10.8 Å². The molecule has 4 rings (SSSR count). The van der Waals surface area contributed by atoms with E-state index in [2.05, 4.69) is 10.4 Å². The number of amides is 1. The largest absolute Gasteiger partial charge is 0.320 e. The second kappa shape index (κ2) is 5.88. The molecule has 1 N–H and O–H groups in total. The van der Waals surface area contributed by atoms with Gasteiger partial charge in [-0.25, -0.2) is 0 Å². The van der Waals surface area contributed by atoms with Crippen molar-refractivity contribution >= 4 is 22.4 Å². The summed E-state index contributed by atoms with van der Waals surface area (Å²) >= 11 is 0. The number of anilines is 1. The fourth-order valence-corrected chi connectivity index (χ4v) is 3.35. The molecule has 0 atom stereocenters. The third-order valence-corrected chi connectivity index (χ3v) is 4.58. The normalized spacial score (nSPS) is 15.1. The molecule has 116 valence electrons. The van der Waals surface area contributed by atoms with Gasteiger partial charge in [0, 0.05) is 17.3 Å². The van der Waals surface area contributed by atoms with Crippen molar-refractivity contribution in [1.29, 1.82) is 0 Å². The van der Waals surface area contributed by atoms with Crippen molar-refractivity contribution in [1.82, 2.24) is 9.78 Å². The molecule has 1 saturated carbocycles. The Morgan fingerprint density at radius 3 is 2.70 bits per heavy atom. The van der Waals surface area contributed by atoms with Gasteiger partial charge >= 0.3 is 0 Å². The average molecular weight is 305 g/mol. The van der Waals surface area contributed by atoms with E-state index in [1.807, 2.05) is 53.3 Å². The van der Waals surface area contributed by atoms with Gasteiger partial charge in [0.25, 0.3) is 5.91 Å². The summed E-state index contributed by atoms with van der Waals surface area (Å²) in [6, 6.07) is 16.2. The van der Waals surface area contributed by atoms with Crippen LogP contribution in [-0.4, -0.2) is 15.7 Å². The molecule has 4 nitrogen and oxygen atoms in total. The molecule has 1 aliphatic carbocycles. The zero-order valence-electron chi connectivity index (χ0n) is 12.9. The lowest BCUT2D eigenvalue weighted by Crippen LogP contribution is -2.14. The van der Waals surface area contributed by atoms with Gasteiger partial charge in [-0.15, -0.1) is 0 Å². The zero-order valence-corrected chi connectivity index (χ0v) is 12.9. The standard InChI is InChI=1S/C19H19N3O/c23-19(18-12-13-22(21-18)15-8-2-3-9-15)20-17-11-5-7-14-6-1-4-10-16(14)17/h1,4-7,10-13,15H,2-3,8-9H2,(H,20,23). The Hall–Kier alpha value is -2.62. The lowest BCUT2D eigenvalue weighted by atomic mass is 10.1. The maximum absolute atomic E-state index is 12.5. The van der Waals surface area contributed by atoms with Gasteiger partial charge in [0.05, 0.1) is 6.04 Å². The molecule has 0 radical (unpaired) electrons. The van der Waals surface area contributed by atoms with E-state index in [9.17, 15) is 4.79 Å². The molecule has 23 heavy (non-hydrogen) atoms. The van der Waals surface area contributed by atoms with E-state index >= 15 is 0 Å².